The van der Waals surface area contributed by atoms with Gasteiger partial charge in [0.1, 0.15) is 0 Å². The second-order valence-electron chi connectivity index (χ2n) is 6.54. The van der Waals surface area contributed by atoms with E-state index in [4.69, 9.17) is 0 Å². The molecule has 2 rings (SSSR count). The van der Waals surface area contributed by atoms with Crippen molar-refractivity contribution < 1.29 is 19.1 Å². The van der Waals surface area contributed by atoms with Crippen LogP contribution in [0.15, 0.2) is 42.5 Å². The molecule has 0 aliphatic heterocycles. The first kappa shape index (κ1) is 21.0. The normalized spacial score (nSPS) is 10.1. The van der Waals surface area contributed by atoms with Gasteiger partial charge in [0.15, 0.2) is 0 Å². The highest BCUT2D eigenvalue weighted by Crippen LogP contribution is 2.17. The lowest BCUT2D eigenvalue weighted by Crippen LogP contribution is -2.38. The zero-order chi connectivity index (χ0) is 20.7. The maximum atomic E-state index is 12.3. The average Bonchev–Trinajstić information content (AvgIpc) is 2.67. The van der Waals surface area contributed by atoms with Gasteiger partial charge in [0.05, 0.1) is 25.8 Å². The van der Waals surface area contributed by atoms with E-state index < -0.39 is 5.97 Å². The minimum atomic E-state index is -0.412. The van der Waals surface area contributed by atoms with E-state index in [1.165, 1.54) is 12.0 Å². The number of nitrogens with zero attached hydrogens (tertiary/aromatic N) is 1. The van der Waals surface area contributed by atoms with Gasteiger partial charge in [0, 0.05) is 18.4 Å². The lowest BCUT2D eigenvalue weighted by Gasteiger charge is -2.18. The number of aryl methyl sites for hydroxylation is 2. The molecule has 2 N–H and O–H groups in total. The van der Waals surface area contributed by atoms with Crippen molar-refractivity contribution in [2.24, 2.45) is 0 Å². The van der Waals surface area contributed by atoms with Crippen molar-refractivity contribution >= 4 is 29.2 Å². The predicted molar refractivity (Wildman–Crippen MR) is 108 cm³/mol. The number of nitrogens with one attached hydrogen (secondary N) is 2. The van der Waals surface area contributed by atoms with E-state index in [-0.39, 0.29) is 24.9 Å². The molecular formula is C21H25N3O4. The first-order chi connectivity index (χ1) is 13.3. The maximum Gasteiger partial charge on any atom is 0.337 e. The van der Waals surface area contributed by atoms with Gasteiger partial charge in [-0.1, -0.05) is 17.7 Å². The summed E-state index contributed by atoms with van der Waals surface area (Å²) < 4.78 is 4.69. The van der Waals surface area contributed by atoms with Crippen LogP contribution in [0.4, 0.5) is 11.4 Å². The Balaban J connectivity index is 1.85. The number of likely N-dealkylation sites (N-methyl/N-ethyl adjacent to an activating group) is 1. The molecule has 0 fully saturated rings. The fourth-order valence-corrected chi connectivity index (χ4v) is 2.55. The molecule has 0 saturated heterocycles. The smallest absolute Gasteiger partial charge is 0.337 e. The van der Waals surface area contributed by atoms with Crippen molar-refractivity contribution in [2.75, 3.05) is 37.9 Å². The molecule has 148 valence electrons. The van der Waals surface area contributed by atoms with Crippen LogP contribution in [0.25, 0.3) is 0 Å². The summed E-state index contributed by atoms with van der Waals surface area (Å²) in [6, 6.07) is 12.5. The van der Waals surface area contributed by atoms with Crippen LogP contribution in [0.1, 0.15) is 21.5 Å². The third-order valence-corrected chi connectivity index (χ3v) is 4.22. The molecule has 2 amide bonds. The summed E-state index contributed by atoms with van der Waals surface area (Å²) in [5.41, 5.74) is 3.79. The Hall–Kier alpha value is -3.35. The van der Waals surface area contributed by atoms with Crippen LogP contribution < -0.4 is 10.6 Å². The molecule has 0 aliphatic rings. The Kier molecular flexibility index (Phi) is 7.14. The molecular weight excluding hydrogens is 358 g/mol. The van der Waals surface area contributed by atoms with Crippen molar-refractivity contribution in [1.82, 2.24) is 4.90 Å². The van der Waals surface area contributed by atoms with Gasteiger partial charge in [-0.25, -0.2) is 4.79 Å². The van der Waals surface area contributed by atoms with Crippen molar-refractivity contribution in [3.8, 4) is 0 Å². The van der Waals surface area contributed by atoms with Crippen LogP contribution in [-0.4, -0.2) is 49.9 Å². The Morgan fingerprint density at radius 3 is 2.32 bits per heavy atom. The number of esters is 1. The number of rotatable bonds is 7. The highest BCUT2D eigenvalue weighted by Gasteiger charge is 2.14. The van der Waals surface area contributed by atoms with Crippen LogP contribution in [0.2, 0.25) is 0 Å². The van der Waals surface area contributed by atoms with E-state index >= 15 is 0 Å². The molecule has 0 aromatic heterocycles. The summed E-state index contributed by atoms with van der Waals surface area (Å²) in [5.74, 6) is -0.904. The van der Waals surface area contributed by atoms with Crippen LogP contribution in [0.3, 0.4) is 0 Å². The lowest BCUT2D eigenvalue weighted by molar-refractivity contribution is -0.131. The van der Waals surface area contributed by atoms with Gasteiger partial charge in [-0.2, -0.15) is 0 Å². The van der Waals surface area contributed by atoms with Gasteiger partial charge in [0.2, 0.25) is 11.8 Å². The summed E-state index contributed by atoms with van der Waals surface area (Å²) in [7, 11) is 2.90. The third-order valence-electron chi connectivity index (χ3n) is 4.22. The second-order valence-corrected chi connectivity index (χ2v) is 6.54. The van der Waals surface area contributed by atoms with Gasteiger partial charge < -0.3 is 20.3 Å². The average molecular weight is 383 g/mol. The van der Waals surface area contributed by atoms with E-state index in [2.05, 4.69) is 15.4 Å². The quantitative estimate of drug-likeness (QED) is 0.718. The van der Waals surface area contributed by atoms with Crippen LogP contribution in [0.5, 0.6) is 0 Å². The SMILES string of the molecule is COC(=O)c1ccc(NCC(=O)N(C)CC(=O)Nc2ccc(C)cc2)c(C)c1. The van der Waals surface area contributed by atoms with Crippen LogP contribution in [-0.2, 0) is 14.3 Å². The Morgan fingerprint density at radius 2 is 1.71 bits per heavy atom. The molecule has 0 bridgehead atoms. The van der Waals surface area contributed by atoms with E-state index in [1.54, 1.807) is 25.2 Å². The summed E-state index contributed by atoms with van der Waals surface area (Å²) in [4.78, 5) is 37.3. The molecule has 0 aliphatic carbocycles. The van der Waals surface area contributed by atoms with E-state index in [0.717, 1.165) is 16.8 Å². The van der Waals surface area contributed by atoms with E-state index in [0.29, 0.717) is 11.3 Å². The summed E-state index contributed by atoms with van der Waals surface area (Å²) in [5, 5.41) is 5.80. The number of methoxy groups -OCH3 is 1. The first-order valence-corrected chi connectivity index (χ1v) is 8.83. The number of hydrogen-bond donors (Lipinski definition) is 2. The van der Waals surface area contributed by atoms with Gasteiger partial charge in [-0.15, -0.1) is 0 Å². The van der Waals surface area contributed by atoms with Crippen LogP contribution in [0, 0.1) is 13.8 Å². The van der Waals surface area contributed by atoms with Crippen molar-refractivity contribution in [1.29, 1.82) is 0 Å². The summed E-state index contributed by atoms with van der Waals surface area (Å²) in [6.45, 7) is 3.79. The molecule has 0 heterocycles. The molecule has 2 aromatic rings. The Morgan fingerprint density at radius 1 is 1.04 bits per heavy atom. The fourth-order valence-electron chi connectivity index (χ4n) is 2.55. The van der Waals surface area contributed by atoms with Crippen molar-refractivity contribution in [3.05, 3.63) is 59.2 Å². The topological polar surface area (TPSA) is 87.7 Å². The summed E-state index contributed by atoms with van der Waals surface area (Å²) >= 11 is 0. The highest BCUT2D eigenvalue weighted by atomic mass is 16.5. The van der Waals surface area contributed by atoms with E-state index in [1.807, 2.05) is 38.1 Å². The minimum absolute atomic E-state index is 0.0344. The standard InChI is InChI=1S/C21H25N3O4/c1-14-5-8-17(9-6-14)23-19(25)13-24(3)20(26)12-22-18-10-7-16(11-15(18)2)21(27)28-4/h5-11,22H,12-13H2,1-4H3,(H,23,25). The zero-order valence-corrected chi connectivity index (χ0v) is 16.5. The number of carbonyl (C=O) groups is 3. The maximum absolute atomic E-state index is 12.3. The fraction of sp³-hybridized carbons (Fsp3) is 0.286. The lowest BCUT2D eigenvalue weighted by atomic mass is 10.1. The summed E-state index contributed by atoms with van der Waals surface area (Å²) in [6.07, 6.45) is 0. The van der Waals surface area contributed by atoms with Crippen molar-refractivity contribution in [3.63, 3.8) is 0 Å². The molecule has 0 saturated carbocycles. The number of benzene rings is 2. The molecule has 0 spiro atoms. The highest BCUT2D eigenvalue weighted by molar-refractivity contribution is 5.95. The number of ether oxygens (including phenoxy) is 1. The third kappa shape index (κ3) is 5.84. The monoisotopic (exact) mass is 383 g/mol. The molecule has 7 nitrogen and oxygen atoms in total. The molecule has 0 unspecified atom stereocenters. The largest absolute Gasteiger partial charge is 0.465 e. The number of hydrogen-bond acceptors (Lipinski definition) is 5. The van der Waals surface area contributed by atoms with Gasteiger partial charge in [-0.3, -0.25) is 9.59 Å². The number of anilines is 2. The molecule has 2 aromatic carbocycles. The molecule has 0 atom stereocenters. The molecule has 7 heteroatoms. The van der Waals surface area contributed by atoms with E-state index in [9.17, 15) is 14.4 Å². The van der Waals surface area contributed by atoms with Gasteiger partial charge in [-0.05, 0) is 49.7 Å². The van der Waals surface area contributed by atoms with Gasteiger partial charge >= 0.3 is 5.97 Å². The number of carbonyl (C=O) groups excluding carboxylic acids is 3. The molecule has 28 heavy (non-hydrogen) atoms. The molecule has 0 radical (unpaired) electrons. The Labute approximate surface area is 164 Å². The predicted octanol–water partition coefficient (Wildman–Crippen LogP) is 2.60. The number of amides is 2. The van der Waals surface area contributed by atoms with Crippen LogP contribution >= 0.6 is 0 Å². The minimum Gasteiger partial charge on any atom is -0.465 e. The van der Waals surface area contributed by atoms with Crippen molar-refractivity contribution in [2.45, 2.75) is 13.8 Å². The Bertz CT molecular complexity index is 862. The second kappa shape index (κ2) is 9.55. The first-order valence-electron chi connectivity index (χ1n) is 8.83. The zero-order valence-electron chi connectivity index (χ0n) is 16.5. The van der Waals surface area contributed by atoms with Gasteiger partial charge in [0.25, 0.3) is 0 Å².